The fourth-order valence-electron chi connectivity index (χ4n) is 3.45. The number of carbonyl (C=O) groups excluding carboxylic acids is 1. The van der Waals surface area contributed by atoms with Gasteiger partial charge in [-0.3, -0.25) is 9.78 Å². The number of carbonyl (C=O) groups is 1. The molecule has 144 valence electrons. The fraction of sp³-hybridized carbons (Fsp3) is 0.318. The fourth-order valence-corrected chi connectivity index (χ4v) is 3.45. The Bertz CT molecular complexity index is 988. The Kier molecular flexibility index (Phi) is 5.10. The third kappa shape index (κ3) is 3.76. The van der Waals surface area contributed by atoms with Gasteiger partial charge in [0.15, 0.2) is 0 Å². The highest BCUT2D eigenvalue weighted by Gasteiger charge is 2.28. The number of amides is 1. The van der Waals surface area contributed by atoms with Gasteiger partial charge < -0.3 is 14.8 Å². The molecule has 1 aromatic carbocycles. The summed E-state index contributed by atoms with van der Waals surface area (Å²) < 4.78 is 11.7. The number of hydrogen-bond acceptors (Lipinski definition) is 5. The predicted octanol–water partition coefficient (Wildman–Crippen LogP) is 3.60. The average Bonchev–Trinajstić information content (AvgIpc) is 3.15. The van der Waals surface area contributed by atoms with Crippen molar-refractivity contribution in [2.24, 2.45) is 5.92 Å². The monoisotopic (exact) mass is 377 g/mol. The quantitative estimate of drug-likeness (QED) is 0.711. The molecule has 0 spiro atoms. The zero-order chi connectivity index (χ0) is 19.5. The molecule has 1 amide bonds. The van der Waals surface area contributed by atoms with E-state index in [2.05, 4.69) is 15.3 Å². The lowest BCUT2D eigenvalue weighted by Gasteiger charge is -2.21. The second-order valence-corrected chi connectivity index (χ2v) is 6.95. The minimum atomic E-state index is -0.0870. The number of aromatic nitrogens is 2. The van der Waals surface area contributed by atoms with Crippen LogP contribution in [0.4, 0.5) is 0 Å². The van der Waals surface area contributed by atoms with Gasteiger partial charge in [0.05, 0.1) is 12.1 Å². The zero-order valence-corrected chi connectivity index (χ0v) is 16.0. The van der Waals surface area contributed by atoms with Crippen LogP contribution >= 0.6 is 0 Å². The van der Waals surface area contributed by atoms with E-state index in [0.29, 0.717) is 25.5 Å². The number of nitrogens with one attached hydrogen (secondary N) is 1. The molecule has 0 radical (unpaired) electrons. The summed E-state index contributed by atoms with van der Waals surface area (Å²) in [6, 6.07) is 11.8. The van der Waals surface area contributed by atoms with Crippen molar-refractivity contribution in [3.63, 3.8) is 0 Å². The second kappa shape index (κ2) is 7.84. The minimum Gasteiger partial charge on any atom is -0.490 e. The van der Waals surface area contributed by atoms with Crippen molar-refractivity contribution in [2.75, 3.05) is 13.2 Å². The molecule has 6 heteroatoms. The van der Waals surface area contributed by atoms with E-state index in [1.54, 1.807) is 12.4 Å². The summed E-state index contributed by atoms with van der Waals surface area (Å²) in [4.78, 5) is 20.4. The average molecular weight is 377 g/mol. The first-order valence-corrected chi connectivity index (χ1v) is 9.55. The first-order valence-electron chi connectivity index (χ1n) is 9.55. The third-order valence-electron chi connectivity index (χ3n) is 5.03. The summed E-state index contributed by atoms with van der Waals surface area (Å²) in [5.41, 5.74) is 2.80. The molecule has 0 bridgehead atoms. The molecule has 6 nitrogen and oxygen atoms in total. The molecule has 2 atom stereocenters. The number of ether oxygens (including phenoxy) is 2. The molecular formula is C22H23N3O3. The number of hydrogen-bond donors (Lipinski definition) is 1. The van der Waals surface area contributed by atoms with Crippen LogP contribution in [0.1, 0.15) is 20.3 Å². The van der Waals surface area contributed by atoms with Crippen LogP contribution in [-0.4, -0.2) is 35.1 Å². The molecule has 1 aliphatic rings. The standard InChI is InChI=1S/C22H23N3O3/c1-3-27-22-7-6-15(12-25-22)16-9-19-18(5-4-8-23-19)20(10-16)28-14(2)17-11-21(26)24-13-17/h4-10,12,14,17H,3,11,13H2,1-2H3,(H,24,26)/t14-,17?/m1/s1. The van der Waals surface area contributed by atoms with Gasteiger partial charge in [0.25, 0.3) is 0 Å². The lowest BCUT2D eigenvalue weighted by molar-refractivity contribution is -0.119. The van der Waals surface area contributed by atoms with Gasteiger partial charge in [0.1, 0.15) is 11.9 Å². The van der Waals surface area contributed by atoms with Crippen LogP contribution in [0.3, 0.4) is 0 Å². The Labute approximate surface area is 163 Å². The van der Waals surface area contributed by atoms with Crippen molar-refractivity contribution in [2.45, 2.75) is 26.4 Å². The summed E-state index contributed by atoms with van der Waals surface area (Å²) in [5.74, 6) is 1.62. The number of nitrogens with zero attached hydrogens (tertiary/aromatic N) is 2. The van der Waals surface area contributed by atoms with E-state index in [4.69, 9.17) is 9.47 Å². The highest BCUT2D eigenvalue weighted by molar-refractivity contribution is 5.90. The first kappa shape index (κ1) is 18.2. The Balaban J connectivity index is 1.68. The maximum atomic E-state index is 11.5. The minimum absolute atomic E-state index is 0.0844. The van der Waals surface area contributed by atoms with E-state index in [1.807, 2.05) is 50.2 Å². The van der Waals surface area contributed by atoms with Gasteiger partial charge >= 0.3 is 0 Å². The number of rotatable bonds is 6. The van der Waals surface area contributed by atoms with Gasteiger partial charge in [-0.05, 0) is 49.7 Å². The smallest absolute Gasteiger partial charge is 0.220 e. The molecule has 0 aliphatic carbocycles. The highest BCUT2D eigenvalue weighted by atomic mass is 16.5. The molecule has 3 heterocycles. The van der Waals surface area contributed by atoms with Crippen LogP contribution in [-0.2, 0) is 4.79 Å². The summed E-state index contributed by atoms with van der Waals surface area (Å²) in [6.45, 7) is 5.18. The maximum Gasteiger partial charge on any atom is 0.220 e. The van der Waals surface area contributed by atoms with Crippen molar-refractivity contribution in [1.82, 2.24) is 15.3 Å². The lowest BCUT2D eigenvalue weighted by atomic mass is 10.0. The van der Waals surface area contributed by atoms with Gasteiger partial charge in [0.2, 0.25) is 11.8 Å². The second-order valence-electron chi connectivity index (χ2n) is 6.95. The van der Waals surface area contributed by atoms with E-state index in [-0.39, 0.29) is 17.9 Å². The summed E-state index contributed by atoms with van der Waals surface area (Å²) in [6.07, 6.45) is 3.98. The van der Waals surface area contributed by atoms with Gasteiger partial charge in [-0.15, -0.1) is 0 Å². The largest absolute Gasteiger partial charge is 0.490 e. The Morgan fingerprint density at radius 2 is 2.11 bits per heavy atom. The van der Waals surface area contributed by atoms with Crippen LogP contribution in [0.25, 0.3) is 22.0 Å². The molecule has 28 heavy (non-hydrogen) atoms. The molecule has 0 saturated carbocycles. The summed E-state index contributed by atoms with van der Waals surface area (Å²) in [7, 11) is 0. The molecular weight excluding hydrogens is 354 g/mol. The Hall–Kier alpha value is -3.15. The van der Waals surface area contributed by atoms with Crippen molar-refractivity contribution in [3.8, 4) is 22.8 Å². The van der Waals surface area contributed by atoms with E-state index < -0.39 is 0 Å². The predicted molar refractivity (Wildman–Crippen MR) is 107 cm³/mol. The van der Waals surface area contributed by atoms with Gasteiger partial charge in [-0.1, -0.05) is 0 Å². The van der Waals surface area contributed by atoms with Crippen LogP contribution in [0.2, 0.25) is 0 Å². The normalized spacial score (nSPS) is 17.4. The van der Waals surface area contributed by atoms with Crippen molar-refractivity contribution in [1.29, 1.82) is 0 Å². The molecule has 2 aromatic heterocycles. The van der Waals surface area contributed by atoms with E-state index in [0.717, 1.165) is 27.8 Å². The molecule has 1 saturated heterocycles. The molecule has 1 unspecified atom stereocenters. The summed E-state index contributed by atoms with van der Waals surface area (Å²) >= 11 is 0. The number of pyridine rings is 2. The zero-order valence-electron chi connectivity index (χ0n) is 16.0. The Morgan fingerprint density at radius 3 is 2.82 bits per heavy atom. The number of benzene rings is 1. The molecule has 1 aliphatic heterocycles. The van der Waals surface area contributed by atoms with Crippen LogP contribution in [0, 0.1) is 5.92 Å². The lowest BCUT2D eigenvalue weighted by Crippen LogP contribution is -2.25. The maximum absolute atomic E-state index is 11.5. The molecule has 1 fully saturated rings. The molecule has 4 rings (SSSR count). The van der Waals surface area contributed by atoms with E-state index in [9.17, 15) is 4.79 Å². The van der Waals surface area contributed by atoms with Gasteiger partial charge in [0, 0.05) is 48.3 Å². The summed E-state index contributed by atoms with van der Waals surface area (Å²) in [5, 5.41) is 3.83. The van der Waals surface area contributed by atoms with Crippen molar-refractivity contribution in [3.05, 3.63) is 48.8 Å². The Morgan fingerprint density at radius 1 is 1.21 bits per heavy atom. The van der Waals surface area contributed by atoms with Crippen molar-refractivity contribution >= 4 is 16.8 Å². The molecule has 3 aromatic rings. The van der Waals surface area contributed by atoms with E-state index >= 15 is 0 Å². The van der Waals surface area contributed by atoms with E-state index in [1.165, 1.54) is 0 Å². The van der Waals surface area contributed by atoms with Crippen LogP contribution in [0.15, 0.2) is 48.8 Å². The topological polar surface area (TPSA) is 73.3 Å². The van der Waals surface area contributed by atoms with Crippen LogP contribution in [0.5, 0.6) is 11.6 Å². The van der Waals surface area contributed by atoms with Crippen molar-refractivity contribution < 1.29 is 14.3 Å². The van der Waals surface area contributed by atoms with Gasteiger partial charge in [-0.2, -0.15) is 0 Å². The third-order valence-corrected chi connectivity index (χ3v) is 5.03. The SMILES string of the molecule is CCOc1ccc(-c2cc(O[C@H](C)C3CNC(=O)C3)c3cccnc3c2)cn1. The molecule has 1 N–H and O–H groups in total. The highest BCUT2D eigenvalue weighted by Crippen LogP contribution is 2.33. The van der Waals surface area contributed by atoms with Gasteiger partial charge in [-0.25, -0.2) is 4.98 Å². The first-order chi connectivity index (χ1) is 13.6. The number of fused-ring (bicyclic) bond motifs is 1. The van der Waals surface area contributed by atoms with Crippen LogP contribution < -0.4 is 14.8 Å².